The van der Waals surface area contributed by atoms with E-state index in [0.29, 0.717) is 0 Å². The van der Waals surface area contributed by atoms with Crippen LogP contribution in [0, 0.1) is 0 Å². The molecule has 0 aliphatic heterocycles. The van der Waals surface area contributed by atoms with Gasteiger partial charge in [0, 0.05) is 4.90 Å². The fourth-order valence-corrected chi connectivity index (χ4v) is 2.84. The van der Waals surface area contributed by atoms with Gasteiger partial charge >= 0.3 is 6.18 Å². The minimum atomic E-state index is -4.37. The lowest BCUT2D eigenvalue weighted by Gasteiger charge is -2.28. The van der Waals surface area contributed by atoms with Crippen molar-refractivity contribution in [3.05, 3.63) is 29.8 Å². The summed E-state index contributed by atoms with van der Waals surface area (Å²) >= 11 is 1.50. The number of benzene rings is 1. The van der Waals surface area contributed by atoms with Gasteiger partial charge in [-0.15, -0.1) is 11.8 Å². The van der Waals surface area contributed by atoms with Crippen LogP contribution in [-0.2, 0) is 4.43 Å². The van der Waals surface area contributed by atoms with Crippen LogP contribution in [0.3, 0.4) is 0 Å². The van der Waals surface area contributed by atoms with Crippen molar-refractivity contribution >= 4 is 20.1 Å². The fraction of sp³-hybridized carbons (Fsp3) is 0.500. The van der Waals surface area contributed by atoms with Gasteiger partial charge in [-0.25, -0.2) is 0 Å². The normalized spacial score (nSPS) is 14.6. The minimum absolute atomic E-state index is 0.169. The maximum atomic E-state index is 13.0. The molecule has 102 valence electrons. The topological polar surface area (TPSA) is 9.23 Å². The number of rotatable bonds is 4. The van der Waals surface area contributed by atoms with E-state index in [2.05, 4.69) is 0 Å². The maximum Gasteiger partial charge on any atom is 0.417 e. The highest BCUT2D eigenvalue weighted by molar-refractivity contribution is 7.98. The summed E-state index contributed by atoms with van der Waals surface area (Å²) < 4.78 is 44.3. The first-order valence-corrected chi connectivity index (χ1v) is 10.2. The zero-order valence-corrected chi connectivity index (χ0v) is 12.7. The predicted octanol–water partition coefficient (Wildman–Crippen LogP) is 4.86. The number of hydrogen-bond donors (Lipinski definition) is 0. The fourth-order valence-electron chi connectivity index (χ4n) is 1.46. The highest BCUT2D eigenvalue weighted by Gasteiger charge is 2.43. The Morgan fingerprint density at radius 2 is 1.61 bits per heavy atom. The summed E-state index contributed by atoms with van der Waals surface area (Å²) in [6.45, 7) is 5.26. The molecule has 0 aliphatic carbocycles. The highest BCUT2D eigenvalue weighted by Crippen LogP contribution is 2.38. The lowest BCUT2D eigenvalue weighted by atomic mass is 10.1. The molecule has 1 aromatic carbocycles. The number of alkyl halides is 3. The summed E-state index contributed by atoms with van der Waals surface area (Å²) in [4.78, 5) is 0.938. The van der Waals surface area contributed by atoms with E-state index in [9.17, 15) is 13.2 Å². The van der Waals surface area contributed by atoms with Crippen LogP contribution in [0.15, 0.2) is 29.2 Å². The molecular formula is C12H17F3OSSi. The van der Waals surface area contributed by atoms with E-state index in [1.54, 1.807) is 31.8 Å². The molecule has 0 aromatic heterocycles. The zero-order chi connectivity index (χ0) is 14.0. The number of thioether (sulfide) groups is 1. The largest absolute Gasteiger partial charge is 0.417 e. The third-order valence-corrected chi connectivity index (χ3v) is 3.87. The van der Waals surface area contributed by atoms with Crippen LogP contribution in [0.5, 0.6) is 0 Å². The quantitative estimate of drug-likeness (QED) is 0.579. The molecule has 0 amide bonds. The average molecular weight is 294 g/mol. The van der Waals surface area contributed by atoms with Gasteiger partial charge in [-0.2, -0.15) is 13.2 Å². The van der Waals surface area contributed by atoms with Crippen LogP contribution in [0.1, 0.15) is 11.7 Å². The molecule has 0 fully saturated rings. The van der Waals surface area contributed by atoms with Gasteiger partial charge < -0.3 is 4.43 Å². The Kier molecular flexibility index (Phi) is 4.91. The van der Waals surface area contributed by atoms with E-state index in [4.69, 9.17) is 4.43 Å². The monoisotopic (exact) mass is 294 g/mol. The lowest BCUT2D eigenvalue weighted by molar-refractivity contribution is -0.200. The van der Waals surface area contributed by atoms with Gasteiger partial charge in [-0.3, -0.25) is 0 Å². The van der Waals surface area contributed by atoms with Crippen molar-refractivity contribution in [3.63, 3.8) is 0 Å². The first-order chi connectivity index (χ1) is 8.13. The molecule has 1 unspecified atom stereocenters. The molecular weight excluding hydrogens is 277 g/mol. The van der Waals surface area contributed by atoms with Gasteiger partial charge in [0.25, 0.3) is 0 Å². The molecule has 0 radical (unpaired) electrons. The molecule has 0 spiro atoms. The Morgan fingerprint density at radius 3 is 1.94 bits per heavy atom. The Labute approximate surface area is 111 Å². The molecule has 0 N–H and O–H groups in total. The van der Waals surface area contributed by atoms with Gasteiger partial charge in [-0.05, 0) is 43.6 Å². The van der Waals surface area contributed by atoms with Gasteiger partial charge in [0.15, 0.2) is 14.4 Å². The first kappa shape index (κ1) is 15.6. The van der Waals surface area contributed by atoms with Crippen LogP contribution in [0.25, 0.3) is 0 Å². The lowest BCUT2D eigenvalue weighted by Crippen LogP contribution is -2.34. The van der Waals surface area contributed by atoms with E-state index in [-0.39, 0.29) is 5.56 Å². The molecule has 0 bridgehead atoms. The molecule has 1 nitrogen and oxygen atoms in total. The van der Waals surface area contributed by atoms with Crippen molar-refractivity contribution in [2.75, 3.05) is 6.26 Å². The van der Waals surface area contributed by atoms with Crippen molar-refractivity contribution in [1.82, 2.24) is 0 Å². The van der Waals surface area contributed by atoms with Gasteiger partial charge in [0.1, 0.15) is 0 Å². The molecule has 1 aromatic rings. The summed E-state index contributed by atoms with van der Waals surface area (Å²) in [5, 5.41) is 0. The van der Waals surface area contributed by atoms with Crippen molar-refractivity contribution < 1.29 is 17.6 Å². The zero-order valence-electron chi connectivity index (χ0n) is 10.8. The highest BCUT2D eigenvalue weighted by atomic mass is 32.2. The van der Waals surface area contributed by atoms with Gasteiger partial charge in [0.05, 0.1) is 0 Å². The van der Waals surface area contributed by atoms with E-state index in [0.717, 1.165) is 4.90 Å². The molecule has 1 atom stereocenters. The second-order valence-corrected chi connectivity index (χ2v) is 10.3. The van der Waals surface area contributed by atoms with Crippen LogP contribution < -0.4 is 0 Å². The minimum Gasteiger partial charge on any atom is -0.403 e. The number of halogens is 3. The molecule has 0 saturated heterocycles. The van der Waals surface area contributed by atoms with Crippen molar-refractivity contribution in [2.45, 2.75) is 36.8 Å². The van der Waals surface area contributed by atoms with Crippen molar-refractivity contribution in [3.8, 4) is 0 Å². The Morgan fingerprint density at radius 1 is 1.11 bits per heavy atom. The second kappa shape index (κ2) is 5.67. The van der Waals surface area contributed by atoms with Gasteiger partial charge in [0.2, 0.25) is 0 Å². The smallest absolute Gasteiger partial charge is 0.403 e. The van der Waals surface area contributed by atoms with E-state index in [1.807, 2.05) is 6.26 Å². The third-order valence-electron chi connectivity index (χ3n) is 2.19. The van der Waals surface area contributed by atoms with E-state index < -0.39 is 20.6 Å². The number of hydrogen-bond acceptors (Lipinski definition) is 2. The molecule has 0 heterocycles. The van der Waals surface area contributed by atoms with Crippen LogP contribution in [-0.4, -0.2) is 20.7 Å². The van der Waals surface area contributed by atoms with E-state index >= 15 is 0 Å². The second-order valence-electron chi connectivity index (χ2n) is 4.93. The Hall–Kier alpha value is -0.463. The SMILES string of the molecule is CSc1ccc(C(O[Si](C)(C)C)C(F)(F)F)cc1. The Balaban J connectivity index is 3.02. The van der Waals surface area contributed by atoms with E-state index in [1.165, 1.54) is 23.9 Å². The third kappa shape index (κ3) is 4.66. The van der Waals surface area contributed by atoms with Crippen LogP contribution in [0.2, 0.25) is 19.6 Å². The summed E-state index contributed by atoms with van der Waals surface area (Å²) in [6.07, 6.45) is -4.31. The summed E-state index contributed by atoms with van der Waals surface area (Å²) in [5.74, 6) is 0. The summed E-state index contributed by atoms with van der Waals surface area (Å²) in [7, 11) is -2.26. The average Bonchev–Trinajstić information content (AvgIpc) is 2.24. The predicted molar refractivity (Wildman–Crippen MR) is 71.5 cm³/mol. The molecule has 18 heavy (non-hydrogen) atoms. The molecule has 0 aliphatic rings. The standard InChI is InChI=1S/C12H17F3OSSi/c1-17-10-7-5-9(6-8-10)11(12(13,14)15)16-18(2,3)4/h5-8,11H,1-4H3. The van der Waals surface area contributed by atoms with Crippen LogP contribution >= 0.6 is 11.8 Å². The molecule has 0 saturated carbocycles. The Bertz CT molecular complexity index is 384. The van der Waals surface area contributed by atoms with Crippen LogP contribution in [0.4, 0.5) is 13.2 Å². The summed E-state index contributed by atoms with van der Waals surface area (Å²) in [6, 6.07) is 6.35. The summed E-state index contributed by atoms with van der Waals surface area (Å²) in [5.41, 5.74) is 0.169. The van der Waals surface area contributed by atoms with Crippen molar-refractivity contribution in [1.29, 1.82) is 0 Å². The first-order valence-electron chi connectivity index (χ1n) is 5.52. The maximum absolute atomic E-state index is 13.0. The van der Waals surface area contributed by atoms with Gasteiger partial charge in [-0.1, -0.05) is 12.1 Å². The molecule has 6 heteroatoms. The molecule has 1 rings (SSSR count). The van der Waals surface area contributed by atoms with Crippen molar-refractivity contribution in [2.24, 2.45) is 0 Å².